The maximum absolute atomic E-state index is 12.8. The van der Waals surface area contributed by atoms with E-state index in [0.717, 1.165) is 43.7 Å². The van der Waals surface area contributed by atoms with Crippen molar-refractivity contribution in [2.24, 2.45) is 0 Å². The molecule has 0 fully saturated rings. The van der Waals surface area contributed by atoms with Crippen molar-refractivity contribution < 1.29 is 19.1 Å². The highest BCUT2D eigenvalue weighted by Gasteiger charge is 2.19. The third-order valence-electron chi connectivity index (χ3n) is 6.32. The van der Waals surface area contributed by atoms with Crippen molar-refractivity contribution in [2.45, 2.75) is 46.6 Å². The Bertz CT molecular complexity index is 1170. The van der Waals surface area contributed by atoms with Crippen molar-refractivity contribution in [3.05, 3.63) is 65.9 Å². The number of rotatable bonds is 13. The summed E-state index contributed by atoms with van der Waals surface area (Å²) in [6, 6.07) is 16.5. The van der Waals surface area contributed by atoms with Gasteiger partial charge in [-0.25, -0.2) is 9.48 Å². The van der Waals surface area contributed by atoms with E-state index in [1.807, 2.05) is 43.3 Å². The number of methoxy groups -OCH3 is 1. The van der Waals surface area contributed by atoms with E-state index in [4.69, 9.17) is 9.47 Å². The summed E-state index contributed by atoms with van der Waals surface area (Å²) in [6.07, 6.45) is 1.96. The molecule has 0 aliphatic rings. The summed E-state index contributed by atoms with van der Waals surface area (Å²) < 4.78 is 12.2. The number of aromatic nitrogens is 2. The molecule has 198 valence electrons. The maximum Gasteiger partial charge on any atom is 0.358 e. The molecule has 1 amide bonds. The van der Waals surface area contributed by atoms with Crippen LogP contribution in [-0.4, -0.2) is 65.9 Å². The molecule has 1 aromatic heterocycles. The SMILES string of the molecule is CCOC(=O)c1cc(-c2cccc(OC)c2)n(-c2ccc(C(=O)N[C@H](C)CCCN(CC)CC)cc2)n1. The van der Waals surface area contributed by atoms with Gasteiger partial charge in [0.05, 0.1) is 25.1 Å². The van der Waals surface area contributed by atoms with Crippen molar-refractivity contribution >= 4 is 11.9 Å². The van der Waals surface area contributed by atoms with Crippen LogP contribution in [0.1, 0.15) is 61.4 Å². The van der Waals surface area contributed by atoms with Gasteiger partial charge in [-0.15, -0.1) is 0 Å². The molecule has 0 bridgehead atoms. The lowest BCUT2D eigenvalue weighted by atomic mass is 10.1. The molecular formula is C29H38N4O4. The van der Waals surface area contributed by atoms with Gasteiger partial charge in [-0.2, -0.15) is 5.10 Å². The Kier molecular flexibility index (Phi) is 10.3. The number of nitrogens with zero attached hydrogens (tertiary/aromatic N) is 3. The molecule has 0 radical (unpaired) electrons. The molecule has 3 rings (SSSR count). The molecule has 37 heavy (non-hydrogen) atoms. The second kappa shape index (κ2) is 13.6. The largest absolute Gasteiger partial charge is 0.497 e. The predicted molar refractivity (Wildman–Crippen MR) is 145 cm³/mol. The zero-order valence-corrected chi connectivity index (χ0v) is 22.5. The van der Waals surface area contributed by atoms with E-state index in [-0.39, 0.29) is 24.2 Å². The van der Waals surface area contributed by atoms with E-state index < -0.39 is 5.97 Å². The van der Waals surface area contributed by atoms with Crippen LogP contribution in [0.15, 0.2) is 54.6 Å². The maximum atomic E-state index is 12.8. The molecule has 3 aromatic rings. The number of benzene rings is 2. The van der Waals surface area contributed by atoms with E-state index in [9.17, 15) is 9.59 Å². The molecule has 0 aliphatic heterocycles. The number of ether oxygens (including phenoxy) is 2. The van der Waals surface area contributed by atoms with Crippen LogP contribution in [0, 0.1) is 0 Å². The second-order valence-electron chi connectivity index (χ2n) is 8.87. The van der Waals surface area contributed by atoms with Crippen molar-refractivity contribution in [1.29, 1.82) is 0 Å². The molecule has 0 saturated heterocycles. The molecule has 0 spiro atoms. The highest BCUT2D eigenvalue weighted by molar-refractivity contribution is 5.94. The van der Waals surface area contributed by atoms with Crippen LogP contribution in [0.2, 0.25) is 0 Å². The predicted octanol–water partition coefficient (Wildman–Crippen LogP) is 4.96. The fourth-order valence-electron chi connectivity index (χ4n) is 4.16. The molecule has 1 atom stereocenters. The average Bonchev–Trinajstić information content (AvgIpc) is 3.37. The third kappa shape index (κ3) is 7.43. The number of esters is 1. The summed E-state index contributed by atoms with van der Waals surface area (Å²) in [5, 5.41) is 7.61. The number of carbonyl (C=O) groups is 2. The molecule has 0 aliphatic carbocycles. The van der Waals surface area contributed by atoms with Crippen LogP contribution in [0.25, 0.3) is 16.9 Å². The standard InChI is InChI=1S/C29H38N4O4/c1-6-32(7-2)18-10-11-21(4)30-28(34)22-14-16-24(17-15-22)33-27(20-26(31-33)29(35)37-8-3)23-12-9-13-25(19-23)36-5/h9,12-17,19-21H,6-8,10-11,18H2,1-5H3,(H,30,34)/t21-/m1/s1. The lowest BCUT2D eigenvalue weighted by Gasteiger charge is -2.19. The lowest BCUT2D eigenvalue weighted by molar-refractivity contribution is 0.0518. The molecule has 0 unspecified atom stereocenters. The summed E-state index contributed by atoms with van der Waals surface area (Å²) >= 11 is 0. The molecule has 8 heteroatoms. The first-order valence-electron chi connectivity index (χ1n) is 12.9. The minimum Gasteiger partial charge on any atom is -0.497 e. The topological polar surface area (TPSA) is 85.7 Å². The van der Waals surface area contributed by atoms with Crippen molar-refractivity contribution in [2.75, 3.05) is 33.4 Å². The van der Waals surface area contributed by atoms with Gasteiger partial charge in [-0.3, -0.25) is 4.79 Å². The van der Waals surface area contributed by atoms with Crippen LogP contribution in [0.4, 0.5) is 0 Å². The fourth-order valence-corrected chi connectivity index (χ4v) is 4.16. The van der Waals surface area contributed by atoms with Crippen LogP contribution in [0.5, 0.6) is 5.75 Å². The number of amides is 1. The number of hydrogen-bond acceptors (Lipinski definition) is 6. The minimum atomic E-state index is -0.489. The van der Waals surface area contributed by atoms with Gasteiger partial charge >= 0.3 is 5.97 Å². The Balaban J connectivity index is 1.78. The van der Waals surface area contributed by atoms with Crippen LogP contribution >= 0.6 is 0 Å². The highest BCUT2D eigenvalue weighted by atomic mass is 16.5. The summed E-state index contributed by atoms with van der Waals surface area (Å²) in [5.74, 6) is 0.0973. The monoisotopic (exact) mass is 506 g/mol. The Labute approximate surface area is 219 Å². The van der Waals surface area contributed by atoms with Gasteiger partial charge in [0.25, 0.3) is 5.91 Å². The van der Waals surface area contributed by atoms with Crippen molar-refractivity contribution in [3.8, 4) is 22.7 Å². The van der Waals surface area contributed by atoms with Crippen LogP contribution in [-0.2, 0) is 4.74 Å². The van der Waals surface area contributed by atoms with E-state index >= 15 is 0 Å². The van der Waals surface area contributed by atoms with Crippen LogP contribution in [0.3, 0.4) is 0 Å². The van der Waals surface area contributed by atoms with Crippen molar-refractivity contribution in [3.63, 3.8) is 0 Å². The van der Waals surface area contributed by atoms with E-state index in [1.54, 1.807) is 36.9 Å². The first kappa shape index (κ1) is 27.9. The van der Waals surface area contributed by atoms with E-state index in [2.05, 4.69) is 29.2 Å². The number of hydrogen-bond donors (Lipinski definition) is 1. The Morgan fingerprint density at radius 3 is 2.43 bits per heavy atom. The fraction of sp³-hybridized carbons (Fsp3) is 0.414. The van der Waals surface area contributed by atoms with Gasteiger partial charge in [0.15, 0.2) is 5.69 Å². The Morgan fingerprint density at radius 2 is 1.78 bits per heavy atom. The van der Waals surface area contributed by atoms with Gasteiger partial charge in [-0.05, 0) is 88.8 Å². The molecular weight excluding hydrogens is 468 g/mol. The number of nitrogens with one attached hydrogen (secondary N) is 1. The minimum absolute atomic E-state index is 0.0839. The second-order valence-corrected chi connectivity index (χ2v) is 8.87. The van der Waals surface area contributed by atoms with Crippen molar-refractivity contribution in [1.82, 2.24) is 20.0 Å². The summed E-state index contributed by atoms with van der Waals surface area (Å²) in [5.41, 5.74) is 3.04. The smallest absolute Gasteiger partial charge is 0.358 e. The quantitative estimate of drug-likeness (QED) is 0.330. The molecule has 8 nitrogen and oxygen atoms in total. The first-order chi connectivity index (χ1) is 17.9. The average molecular weight is 507 g/mol. The lowest BCUT2D eigenvalue weighted by Crippen LogP contribution is -2.33. The van der Waals surface area contributed by atoms with Gasteiger partial charge in [-0.1, -0.05) is 26.0 Å². The molecule has 2 aromatic carbocycles. The normalized spacial score (nSPS) is 11.8. The number of carbonyl (C=O) groups excluding carboxylic acids is 2. The van der Waals surface area contributed by atoms with Gasteiger partial charge in [0.1, 0.15) is 5.75 Å². The van der Waals surface area contributed by atoms with E-state index in [0.29, 0.717) is 17.0 Å². The summed E-state index contributed by atoms with van der Waals surface area (Å²) in [6.45, 7) is 11.5. The highest BCUT2D eigenvalue weighted by Crippen LogP contribution is 2.27. The van der Waals surface area contributed by atoms with Crippen LogP contribution < -0.4 is 10.1 Å². The third-order valence-corrected chi connectivity index (χ3v) is 6.32. The molecule has 1 N–H and O–H groups in total. The van der Waals surface area contributed by atoms with E-state index in [1.165, 1.54) is 0 Å². The Hall–Kier alpha value is -3.65. The Morgan fingerprint density at radius 1 is 1.05 bits per heavy atom. The zero-order valence-electron chi connectivity index (χ0n) is 22.5. The summed E-state index contributed by atoms with van der Waals surface area (Å²) in [4.78, 5) is 27.6. The first-order valence-corrected chi connectivity index (χ1v) is 12.9. The van der Waals surface area contributed by atoms with Gasteiger partial charge < -0.3 is 19.7 Å². The zero-order chi connectivity index (χ0) is 26.8. The molecule has 0 saturated carbocycles. The summed E-state index contributed by atoms with van der Waals surface area (Å²) in [7, 11) is 1.61. The van der Waals surface area contributed by atoms with Gasteiger partial charge in [0, 0.05) is 17.2 Å². The van der Waals surface area contributed by atoms with Gasteiger partial charge in [0.2, 0.25) is 0 Å². The molecule has 1 heterocycles.